The van der Waals surface area contributed by atoms with Crippen LogP contribution in [0.3, 0.4) is 0 Å². The summed E-state index contributed by atoms with van der Waals surface area (Å²) in [6.45, 7) is 4.11. The third-order valence-corrected chi connectivity index (χ3v) is 3.61. The molecule has 0 saturated heterocycles. The number of pyridine rings is 1. The highest BCUT2D eigenvalue weighted by Gasteiger charge is 2.23. The van der Waals surface area contributed by atoms with Crippen LogP contribution in [0.1, 0.15) is 36.1 Å². The normalized spacial score (nSPS) is 12.5. The van der Waals surface area contributed by atoms with Gasteiger partial charge in [-0.05, 0) is 30.2 Å². The van der Waals surface area contributed by atoms with E-state index in [0.29, 0.717) is 5.56 Å². The molecule has 1 aromatic carbocycles. The van der Waals surface area contributed by atoms with Gasteiger partial charge in [-0.1, -0.05) is 38.1 Å². The van der Waals surface area contributed by atoms with E-state index in [1.54, 1.807) is 12.1 Å². The fourth-order valence-electron chi connectivity index (χ4n) is 2.42. The summed E-state index contributed by atoms with van der Waals surface area (Å²) in [7, 11) is 0. The minimum absolute atomic E-state index is 0.105. The summed E-state index contributed by atoms with van der Waals surface area (Å²) in [5.41, 5.74) is 1.42. The predicted molar refractivity (Wildman–Crippen MR) is 84.5 cm³/mol. The summed E-state index contributed by atoms with van der Waals surface area (Å²) in [6.07, 6.45) is 1.91. The Labute approximate surface area is 129 Å². The van der Waals surface area contributed by atoms with E-state index in [2.05, 4.69) is 29.4 Å². The number of benzene rings is 1. The molecule has 1 N–H and O–H groups in total. The summed E-state index contributed by atoms with van der Waals surface area (Å²) in [5.74, 6) is 0.835. The number of carbonyl (C=O) groups is 1. The average Bonchev–Trinajstić information content (AvgIpc) is 2.96. The van der Waals surface area contributed by atoms with E-state index in [4.69, 9.17) is 0 Å². The fraction of sp³-hybridized carbons (Fsp3) is 0.235. The number of aromatic nitrogens is 3. The van der Waals surface area contributed by atoms with Crippen molar-refractivity contribution < 1.29 is 4.79 Å². The lowest BCUT2D eigenvalue weighted by Crippen LogP contribution is -2.33. The Morgan fingerprint density at radius 3 is 2.50 bits per heavy atom. The molecule has 22 heavy (non-hydrogen) atoms. The van der Waals surface area contributed by atoms with E-state index in [1.165, 1.54) is 0 Å². The number of nitrogens with one attached hydrogen (secondary N) is 1. The summed E-state index contributed by atoms with van der Waals surface area (Å²) < 4.78 is 1.91. The summed E-state index contributed by atoms with van der Waals surface area (Å²) >= 11 is 0. The van der Waals surface area contributed by atoms with Gasteiger partial charge in [0.15, 0.2) is 11.5 Å². The molecule has 0 bridgehead atoms. The van der Waals surface area contributed by atoms with Crippen LogP contribution in [0, 0.1) is 5.92 Å². The van der Waals surface area contributed by atoms with E-state index < -0.39 is 0 Å². The monoisotopic (exact) mass is 294 g/mol. The van der Waals surface area contributed by atoms with E-state index in [9.17, 15) is 4.79 Å². The van der Waals surface area contributed by atoms with Crippen LogP contribution in [0.5, 0.6) is 0 Å². The summed E-state index contributed by atoms with van der Waals surface area (Å²) in [6, 6.07) is 14.7. The number of rotatable bonds is 4. The number of hydrogen-bond acceptors (Lipinski definition) is 3. The van der Waals surface area contributed by atoms with Gasteiger partial charge in [0, 0.05) is 11.8 Å². The highest BCUT2D eigenvalue weighted by atomic mass is 16.1. The zero-order valence-corrected chi connectivity index (χ0v) is 12.6. The molecule has 0 aliphatic heterocycles. The first kappa shape index (κ1) is 14.3. The van der Waals surface area contributed by atoms with Gasteiger partial charge in [-0.15, -0.1) is 10.2 Å². The maximum Gasteiger partial charge on any atom is 0.251 e. The molecule has 5 nitrogen and oxygen atoms in total. The van der Waals surface area contributed by atoms with Gasteiger partial charge in [-0.3, -0.25) is 9.20 Å². The SMILES string of the molecule is CC(C)C(NC(=O)c1ccccc1)c1nnc2ccccn12. The average molecular weight is 294 g/mol. The number of nitrogens with zero attached hydrogens (tertiary/aromatic N) is 3. The van der Waals surface area contributed by atoms with Gasteiger partial charge < -0.3 is 5.32 Å². The van der Waals surface area contributed by atoms with E-state index >= 15 is 0 Å². The lowest BCUT2D eigenvalue weighted by Gasteiger charge is -2.21. The Morgan fingerprint density at radius 2 is 1.77 bits per heavy atom. The molecule has 0 radical (unpaired) electrons. The van der Waals surface area contributed by atoms with Gasteiger partial charge in [-0.25, -0.2) is 0 Å². The van der Waals surface area contributed by atoms with Crippen LogP contribution in [0.15, 0.2) is 54.7 Å². The van der Waals surface area contributed by atoms with Crippen LogP contribution in [0.4, 0.5) is 0 Å². The first-order valence-corrected chi connectivity index (χ1v) is 7.32. The second-order valence-corrected chi connectivity index (χ2v) is 5.55. The molecule has 2 aromatic heterocycles. The van der Waals surface area contributed by atoms with Crippen LogP contribution in [0.2, 0.25) is 0 Å². The molecule has 0 aliphatic carbocycles. The molecule has 3 aromatic rings. The van der Waals surface area contributed by atoms with Crippen molar-refractivity contribution in [1.29, 1.82) is 0 Å². The third kappa shape index (κ3) is 2.70. The van der Waals surface area contributed by atoms with E-state index in [0.717, 1.165) is 11.5 Å². The standard InChI is InChI=1S/C17H18N4O/c1-12(2)15(18-17(22)13-8-4-3-5-9-13)16-20-19-14-10-6-7-11-21(14)16/h3-12,15H,1-2H3,(H,18,22). The van der Waals surface area contributed by atoms with Gasteiger partial charge in [0.1, 0.15) is 0 Å². The van der Waals surface area contributed by atoms with Gasteiger partial charge >= 0.3 is 0 Å². The van der Waals surface area contributed by atoms with Crippen LogP contribution >= 0.6 is 0 Å². The largest absolute Gasteiger partial charge is 0.342 e. The molecule has 1 unspecified atom stereocenters. The summed E-state index contributed by atoms with van der Waals surface area (Å²) in [4.78, 5) is 12.4. The molecule has 0 fully saturated rings. The quantitative estimate of drug-likeness (QED) is 0.805. The van der Waals surface area contributed by atoms with Crippen LogP contribution in [-0.4, -0.2) is 20.5 Å². The van der Waals surface area contributed by atoms with Gasteiger partial charge in [0.2, 0.25) is 0 Å². The zero-order chi connectivity index (χ0) is 15.5. The Kier molecular flexibility index (Phi) is 3.87. The van der Waals surface area contributed by atoms with Crippen molar-refractivity contribution in [2.45, 2.75) is 19.9 Å². The highest BCUT2D eigenvalue weighted by molar-refractivity contribution is 5.94. The first-order chi connectivity index (χ1) is 10.7. The van der Waals surface area contributed by atoms with Crippen LogP contribution in [-0.2, 0) is 0 Å². The van der Waals surface area contributed by atoms with Crippen molar-refractivity contribution in [3.8, 4) is 0 Å². The second kappa shape index (κ2) is 5.97. The van der Waals surface area contributed by atoms with E-state index in [-0.39, 0.29) is 17.9 Å². The third-order valence-electron chi connectivity index (χ3n) is 3.61. The molecule has 0 saturated carbocycles. The smallest absolute Gasteiger partial charge is 0.251 e. The highest BCUT2D eigenvalue weighted by Crippen LogP contribution is 2.21. The summed E-state index contributed by atoms with van der Waals surface area (Å²) in [5, 5.41) is 11.5. The lowest BCUT2D eigenvalue weighted by molar-refractivity contribution is 0.0923. The minimum atomic E-state index is -0.204. The van der Waals surface area contributed by atoms with Gasteiger partial charge in [-0.2, -0.15) is 0 Å². The number of hydrogen-bond donors (Lipinski definition) is 1. The van der Waals surface area contributed by atoms with Crippen molar-refractivity contribution in [2.24, 2.45) is 5.92 Å². The lowest BCUT2D eigenvalue weighted by atomic mass is 10.0. The number of carbonyl (C=O) groups excluding carboxylic acids is 1. The van der Waals surface area contributed by atoms with Crippen molar-refractivity contribution in [3.05, 3.63) is 66.1 Å². The molecule has 0 spiro atoms. The zero-order valence-electron chi connectivity index (χ0n) is 12.6. The molecule has 1 atom stereocenters. The molecule has 112 valence electrons. The maximum atomic E-state index is 12.4. The first-order valence-electron chi connectivity index (χ1n) is 7.32. The van der Waals surface area contributed by atoms with Crippen molar-refractivity contribution in [3.63, 3.8) is 0 Å². The van der Waals surface area contributed by atoms with Crippen molar-refractivity contribution in [2.75, 3.05) is 0 Å². The van der Waals surface area contributed by atoms with E-state index in [1.807, 2.05) is 47.0 Å². The molecular formula is C17H18N4O. The molecule has 0 aliphatic rings. The maximum absolute atomic E-state index is 12.4. The minimum Gasteiger partial charge on any atom is -0.342 e. The van der Waals surface area contributed by atoms with Gasteiger partial charge in [0.25, 0.3) is 5.91 Å². The van der Waals surface area contributed by atoms with Crippen LogP contribution < -0.4 is 5.32 Å². The van der Waals surface area contributed by atoms with Crippen LogP contribution in [0.25, 0.3) is 5.65 Å². The predicted octanol–water partition coefficient (Wildman–Crippen LogP) is 2.86. The Morgan fingerprint density at radius 1 is 1.05 bits per heavy atom. The van der Waals surface area contributed by atoms with Crippen molar-refractivity contribution in [1.82, 2.24) is 19.9 Å². The molecule has 2 heterocycles. The Hall–Kier alpha value is -2.69. The Bertz CT molecular complexity index is 779. The fourth-order valence-corrected chi connectivity index (χ4v) is 2.42. The topological polar surface area (TPSA) is 59.3 Å². The Balaban J connectivity index is 1.92. The number of fused-ring (bicyclic) bond motifs is 1. The number of amides is 1. The second-order valence-electron chi connectivity index (χ2n) is 5.55. The molecule has 5 heteroatoms. The van der Waals surface area contributed by atoms with Crippen molar-refractivity contribution >= 4 is 11.6 Å². The van der Waals surface area contributed by atoms with Gasteiger partial charge in [0.05, 0.1) is 6.04 Å². The molecule has 1 amide bonds. The molecular weight excluding hydrogens is 276 g/mol. The molecule has 3 rings (SSSR count).